The number of hydrogen-bond donors (Lipinski definition) is 0. The Hall–Kier alpha value is -2.12. The fraction of sp³-hybridized carbons (Fsp3) is 0.417. The first kappa shape index (κ1) is 14.3. The molecule has 1 aliphatic rings. The SMILES string of the molecule is COC(=O)C1CC(=O)N(c2ccc(C(F)(F)F)nc2)C1. The number of amides is 1. The fourth-order valence-corrected chi connectivity index (χ4v) is 2.00. The molecule has 1 saturated heterocycles. The second-order valence-electron chi connectivity index (χ2n) is 4.33. The van der Waals surface area contributed by atoms with E-state index in [1.807, 2.05) is 0 Å². The number of nitrogens with zero attached hydrogens (tertiary/aromatic N) is 2. The molecule has 1 unspecified atom stereocenters. The van der Waals surface area contributed by atoms with Crippen molar-refractivity contribution >= 4 is 17.6 Å². The lowest BCUT2D eigenvalue weighted by molar-refractivity contribution is -0.145. The third-order valence-corrected chi connectivity index (χ3v) is 3.01. The van der Waals surface area contributed by atoms with Gasteiger partial charge in [0.15, 0.2) is 0 Å². The van der Waals surface area contributed by atoms with Crippen LogP contribution in [0.15, 0.2) is 18.3 Å². The number of alkyl halides is 3. The zero-order valence-corrected chi connectivity index (χ0v) is 10.5. The Morgan fingerprint density at radius 1 is 1.45 bits per heavy atom. The molecule has 2 rings (SSSR count). The summed E-state index contributed by atoms with van der Waals surface area (Å²) < 4.78 is 41.7. The Bertz CT molecular complexity index is 528. The average Bonchev–Trinajstić information content (AvgIpc) is 2.79. The molecule has 0 bridgehead atoms. The first-order chi connectivity index (χ1) is 9.32. The van der Waals surface area contributed by atoms with Crippen molar-refractivity contribution in [3.05, 3.63) is 24.0 Å². The molecule has 1 amide bonds. The molecule has 1 aliphatic heterocycles. The van der Waals surface area contributed by atoms with E-state index in [1.54, 1.807) is 0 Å². The van der Waals surface area contributed by atoms with E-state index >= 15 is 0 Å². The Morgan fingerprint density at radius 2 is 2.15 bits per heavy atom. The zero-order chi connectivity index (χ0) is 14.9. The van der Waals surface area contributed by atoms with Crippen molar-refractivity contribution in [3.63, 3.8) is 0 Å². The van der Waals surface area contributed by atoms with Crippen LogP contribution >= 0.6 is 0 Å². The summed E-state index contributed by atoms with van der Waals surface area (Å²) in [6, 6.07) is 1.96. The van der Waals surface area contributed by atoms with E-state index in [-0.39, 0.29) is 24.6 Å². The van der Waals surface area contributed by atoms with E-state index < -0.39 is 23.8 Å². The van der Waals surface area contributed by atoms with Crippen LogP contribution in [0.1, 0.15) is 12.1 Å². The van der Waals surface area contributed by atoms with Gasteiger partial charge in [0.25, 0.3) is 0 Å². The molecule has 1 fully saturated rings. The molecule has 0 N–H and O–H groups in total. The summed E-state index contributed by atoms with van der Waals surface area (Å²) in [5.41, 5.74) is -0.799. The van der Waals surface area contributed by atoms with Gasteiger partial charge in [-0.25, -0.2) is 4.98 Å². The summed E-state index contributed by atoms with van der Waals surface area (Å²) >= 11 is 0. The van der Waals surface area contributed by atoms with Crippen LogP contribution in [0, 0.1) is 5.92 Å². The minimum Gasteiger partial charge on any atom is -0.469 e. The third kappa shape index (κ3) is 2.73. The van der Waals surface area contributed by atoms with Gasteiger partial charge in [0, 0.05) is 13.0 Å². The predicted octanol–water partition coefficient (Wildman–Crippen LogP) is 1.63. The molecule has 8 heteroatoms. The van der Waals surface area contributed by atoms with Gasteiger partial charge in [-0.05, 0) is 12.1 Å². The van der Waals surface area contributed by atoms with Crippen molar-refractivity contribution in [2.75, 3.05) is 18.6 Å². The number of pyridine rings is 1. The van der Waals surface area contributed by atoms with Gasteiger partial charge >= 0.3 is 12.1 Å². The summed E-state index contributed by atoms with van der Waals surface area (Å²) in [5.74, 6) is -1.46. The van der Waals surface area contributed by atoms with E-state index in [0.717, 1.165) is 18.3 Å². The van der Waals surface area contributed by atoms with Gasteiger partial charge in [0.2, 0.25) is 5.91 Å². The van der Waals surface area contributed by atoms with Crippen LogP contribution in [0.5, 0.6) is 0 Å². The molecular weight excluding hydrogens is 277 g/mol. The molecule has 0 spiro atoms. The van der Waals surface area contributed by atoms with Gasteiger partial charge in [-0.1, -0.05) is 0 Å². The van der Waals surface area contributed by atoms with Crippen molar-refractivity contribution in [2.24, 2.45) is 5.92 Å². The number of esters is 1. The normalized spacial score (nSPS) is 19.3. The van der Waals surface area contributed by atoms with Gasteiger partial charge < -0.3 is 9.64 Å². The maximum Gasteiger partial charge on any atom is 0.433 e. The van der Waals surface area contributed by atoms with Crippen molar-refractivity contribution in [3.8, 4) is 0 Å². The van der Waals surface area contributed by atoms with Crippen LogP contribution in [0.3, 0.4) is 0 Å². The average molecular weight is 288 g/mol. The molecule has 5 nitrogen and oxygen atoms in total. The summed E-state index contributed by atoms with van der Waals surface area (Å²) in [5, 5.41) is 0. The van der Waals surface area contributed by atoms with Crippen LogP contribution in [0.25, 0.3) is 0 Å². The molecule has 0 aliphatic carbocycles. The highest BCUT2D eigenvalue weighted by atomic mass is 19.4. The maximum atomic E-state index is 12.4. The fourth-order valence-electron chi connectivity index (χ4n) is 2.00. The molecule has 1 aromatic heterocycles. The quantitative estimate of drug-likeness (QED) is 0.776. The molecule has 0 saturated carbocycles. The van der Waals surface area contributed by atoms with Crippen LogP contribution in [0.4, 0.5) is 18.9 Å². The number of anilines is 1. The number of aromatic nitrogens is 1. The number of ether oxygens (including phenoxy) is 1. The zero-order valence-electron chi connectivity index (χ0n) is 10.5. The predicted molar refractivity (Wildman–Crippen MR) is 61.7 cm³/mol. The van der Waals surface area contributed by atoms with Crippen molar-refractivity contribution in [1.29, 1.82) is 0 Å². The second kappa shape index (κ2) is 5.10. The lowest BCUT2D eigenvalue weighted by atomic mass is 10.1. The highest BCUT2D eigenvalue weighted by Crippen LogP contribution is 2.30. The molecule has 0 aromatic carbocycles. The second-order valence-corrected chi connectivity index (χ2v) is 4.33. The molecule has 1 atom stereocenters. The van der Waals surface area contributed by atoms with Crippen LogP contribution in [-0.2, 0) is 20.5 Å². The third-order valence-electron chi connectivity index (χ3n) is 3.01. The van der Waals surface area contributed by atoms with Crippen molar-refractivity contribution < 1.29 is 27.5 Å². The minimum absolute atomic E-state index is 0.0201. The van der Waals surface area contributed by atoms with Gasteiger partial charge in [-0.15, -0.1) is 0 Å². The molecule has 2 heterocycles. The first-order valence-electron chi connectivity index (χ1n) is 5.74. The summed E-state index contributed by atoms with van der Waals surface area (Å²) in [4.78, 5) is 27.6. The van der Waals surface area contributed by atoms with E-state index in [9.17, 15) is 22.8 Å². The highest BCUT2D eigenvalue weighted by molar-refractivity contribution is 5.99. The Balaban J connectivity index is 2.16. The van der Waals surface area contributed by atoms with Gasteiger partial charge in [-0.2, -0.15) is 13.2 Å². The number of carbonyl (C=O) groups is 2. The highest BCUT2D eigenvalue weighted by Gasteiger charge is 2.37. The summed E-state index contributed by atoms with van der Waals surface area (Å²) in [7, 11) is 1.22. The molecular formula is C12H11F3N2O3. The lowest BCUT2D eigenvalue weighted by Gasteiger charge is -2.16. The number of halogens is 3. The molecule has 20 heavy (non-hydrogen) atoms. The monoisotopic (exact) mass is 288 g/mol. The van der Waals surface area contributed by atoms with Gasteiger partial charge in [0.1, 0.15) is 5.69 Å². The summed E-state index contributed by atoms with van der Waals surface area (Å²) in [6.45, 7) is 0.0819. The van der Waals surface area contributed by atoms with E-state index in [4.69, 9.17) is 0 Å². The van der Waals surface area contributed by atoms with Crippen LogP contribution < -0.4 is 4.90 Å². The van der Waals surface area contributed by atoms with Gasteiger partial charge in [0.05, 0.1) is 24.9 Å². The smallest absolute Gasteiger partial charge is 0.433 e. The van der Waals surface area contributed by atoms with Crippen LogP contribution in [0.2, 0.25) is 0 Å². The van der Waals surface area contributed by atoms with E-state index in [0.29, 0.717) is 0 Å². The number of carbonyl (C=O) groups excluding carboxylic acids is 2. The molecule has 1 aromatic rings. The Labute approximate surface area is 112 Å². The van der Waals surface area contributed by atoms with Gasteiger partial charge in [-0.3, -0.25) is 9.59 Å². The minimum atomic E-state index is -4.53. The van der Waals surface area contributed by atoms with Crippen LogP contribution in [-0.4, -0.2) is 30.5 Å². The molecule has 108 valence electrons. The maximum absolute atomic E-state index is 12.4. The first-order valence-corrected chi connectivity index (χ1v) is 5.74. The Morgan fingerprint density at radius 3 is 2.65 bits per heavy atom. The van der Waals surface area contributed by atoms with Crippen molar-refractivity contribution in [2.45, 2.75) is 12.6 Å². The van der Waals surface area contributed by atoms with E-state index in [1.165, 1.54) is 12.0 Å². The molecule has 0 radical (unpaired) electrons. The lowest BCUT2D eigenvalue weighted by Crippen LogP contribution is -2.26. The number of hydrogen-bond acceptors (Lipinski definition) is 4. The Kier molecular flexibility index (Phi) is 3.65. The topological polar surface area (TPSA) is 59.5 Å². The standard InChI is InChI=1S/C12H11F3N2O3/c1-20-11(19)7-4-10(18)17(6-7)8-2-3-9(16-5-8)12(13,14)15/h2-3,5,7H,4,6H2,1H3. The van der Waals surface area contributed by atoms with Crippen molar-refractivity contribution in [1.82, 2.24) is 4.98 Å². The number of rotatable bonds is 2. The largest absolute Gasteiger partial charge is 0.469 e. The number of methoxy groups -OCH3 is 1. The summed E-state index contributed by atoms with van der Waals surface area (Å²) in [6.07, 6.45) is -3.57. The van der Waals surface area contributed by atoms with E-state index in [2.05, 4.69) is 9.72 Å².